The molecule has 0 saturated carbocycles. The molecule has 1 amide bonds. The largest absolute Gasteiger partial charge is 0.480 e. The number of hydrogen-bond acceptors (Lipinski definition) is 3. The Morgan fingerprint density at radius 1 is 1.52 bits per heavy atom. The van der Waals surface area contributed by atoms with Gasteiger partial charge in [-0.1, -0.05) is 11.6 Å². The van der Waals surface area contributed by atoms with Gasteiger partial charge in [-0.25, -0.2) is 0 Å². The van der Waals surface area contributed by atoms with Gasteiger partial charge in [0.2, 0.25) is 0 Å². The molecule has 0 aliphatic carbocycles. The first kappa shape index (κ1) is 14.7. The van der Waals surface area contributed by atoms with Gasteiger partial charge in [-0.2, -0.15) is 0 Å². The zero-order valence-electron chi connectivity index (χ0n) is 12.3. The maximum absolute atomic E-state index is 12.7. The number of hydrogen-bond donors (Lipinski definition) is 1. The number of nitrogens with zero attached hydrogens (tertiary/aromatic N) is 1. The van der Waals surface area contributed by atoms with Gasteiger partial charge in [0.15, 0.2) is 6.10 Å². The first-order chi connectivity index (χ1) is 10.2. The van der Waals surface area contributed by atoms with Crippen molar-refractivity contribution in [2.75, 3.05) is 26.7 Å². The number of fused-ring (bicyclic) bond motifs is 1. The number of ether oxygens (including phenoxy) is 1. The highest BCUT2D eigenvalue weighted by atomic mass is 35.5. The smallest absolute Gasteiger partial charge is 0.264 e. The molecule has 2 heterocycles. The Labute approximate surface area is 130 Å². The Morgan fingerprint density at radius 2 is 2.38 bits per heavy atom. The highest BCUT2D eigenvalue weighted by Crippen LogP contribution is 2.32. The molecule has 21 heavy (non-hydrogen) atoms. The molecule has 5 heteroatoms. The SMILES string of the molecule is CNCC1CCCN(C(=O)C2Cc3cc(Cl)ccc3O2)C1. The zero-order valence-corrected chi connectivity index (χ0v) is 13.0. The normalized spacial score (nSPS) is 24.6. The summed E-state index contributed by atoms with van der Waals surface area (Å²) in [7, 11) is 1.96. The van der Waals surface area contributed by atoms with Crippen LogP contribution < -0.4 is 10.1 Å². The van der Waals surface area contributed by atoms with Crippen LogP contribution in [0.3, 0.4) is 0 Å². The summed E-state index contributed by atoms with van der Waals surface area (Å²) in [6, 6.07) is 5.55. The zero-order chi connectivity index (χ0) is 14.8. The fourth-order valence-electron chi connectivity index (χ4n) is 3.28. The van der Waals surface area contributed by atoms with Crippen molar-refractivity contribution >= 4 is 17.5 Å². The molecule has 0 spiro atoms. The molecule has 2 atom stereocenters. The first-order valence-electron chi connectivity index (χ1n) is 7.56. The van der Waals surface area contributed by atoms with Crippen LogP contribution in [0.25, 0.3) is 0 Å². The molecule has 1 N–H and O–H groups in total. The van der Waals surface area contributed by atoms with Crippen molar-refractivity contribution in [1.82, 2.24) is 10.2 Å². The van der Waals surface area contributed by atoms with Gasteiger partial charge >= 0.3 is 0 Å². The Morgan fingerprint density at radius 3 is 3.19 bits per heavy atom. The molecule has 0 radical (unpaired) electrons. The van der Waals surface area contributed by atoms with E-state index in [1.165, 1.54) is 6.42 Å². The fourth-order valence-corrected chi connectivity index (χ4v) is 3.47. The van der Waals surface area contributed by atoms with E-state index >= 15 is 0 Å². The van der Waals surface area contributed by atoms with E-state index in [4.69, 9.17) is 16.3 Å². The number of likely N-dealkylation sites (tertiary alicyclic amines) is 1. The summed E-state index contributed by atoms with van der Waals surface area (Å²) in [5, 5.41) is 3.90. The predicted molar refractivity (Wildman–Crippen MR) is 82.8 cm³/mol. The van der Waals surface area contributed by atoms with Crippen LogP contribution in [0.4, 0.5) is 0 Å². The van der Waals surface area contributed by atoms with E-state index < -0.39 is 0 Å². The van der Waals surface area contributed by atoms with Crippen molar-refractivity contribution in [3.05, 3.63) is 28.8 Å². The molecule has 1 aromatic rings. The first-order valence-corrected chi connectivity index (χ1v) is 7.93. The maximum atomic E-state index is 12.7. The van der Waals surface area contributed by atoms with E-state index in [2.05, 4.69) is 5.32 Å². The van der Waals surface area contributed by atoms with Gasteiger partial charge in [0.1, 0.15) is 5.75 Å². The molecule has 0 aromatic heterocycles. The second-order valence-electron chi connectivity index (χ2n) is 5.91. The van der Waals surface area contributed by atoms with Crippen molar-refractivity contribution in [2.45, 2.75) is 25.4 Å². The van der Waals surface area contributed by atoms with E-state index in [-0.39, 0.29) is 12.0 Å². The predicted octanol–water partition coefficient (Wildman–Crippen LogP) is 2.10. The number of halogens is 1. The molecular formula is C16H21ClN2O2. The van der Waals surface area contributed by atoms with Crippen molar-refractivity contribution in [1.29, 1.82) is 0 Å². The summed E-state index contributed by atoms with van der Waals surface area (Å²) >= 11 is 6.00. The lowest BCUT2D eigenvalue weighted by atomic mass is 9.97. The number of amides is 1. The molecule has 114 valence electrons. The number of benzene rings is 1. The molecule has 0 bridgehead atoms. The van der Waals surface area contributed by atoms with Crippen LogP contribution in [0.5, 0.6) is 5.75 Å². The monoisotopic (exact) mass is 308 g/mol. The van der Waals surface area contributed by atoms with Crippen molar-refractivity contribution in [3.8, 4) is 5.75 Å². The highest BCUT2D eigenvalue weighted by molar-refractivity contribution is 6.30. The maximum Gasteiger partial charge on any atom is 0.264 e. The van der Waals surface area contributed by atoms with E-state index in [1.54, 1.807) is 6.07 Å². The Hall–Kier alpha value is -1.26. The lowest BCUT2D eigenvalue weighted by Crippen LogP contribution is -2.47. The number of carbonyl (C=O) groups is 1. The number of rotatable bonds is 3. The minimum atomic E-state index is -0.383. The minimum absolute atomic E-state index is 0.114. The van der Waals surface area contributed by atoms with Gasteiger partial charge in [0, 0.05) is 24.5 Å². The number of nitrogens with one attached hydrogen (secondary N) is 1. The topological polar surface area (TPSA) is 41.6 Å². The van der Waals surface area contributed by atoms with Gasteiger partial charge in [-0.05, 0) is 56.1 Å². The van der Waals surface area contributed by atoms with Crippen LogP contribution in [-0.4, -0.2) is 43.6 Å². The average Bonchev–Trinajstić information content (AvgIpc) is 2.90. The molecule has 1 aromatic carbocycles. The third kappa shape index (κ3) is 3.16. The second kappa shape index (κ2) is 6.24. The molecule has 2 unspecified atom stereocenters. The van der Waals surface area contributed by atoms with Crippen LogP contribution in [0.1, 0.15) is 18.4 Å². The highest BCUT2D eigenvalue weighted by Gasteiger charge is 2.34. The average molecular weight is 309 g/mol. The van der Waals surface area contributed by atoms with Gasteiger partial charge in [-0.15, -0.1) is 0 Å². The second-order valence-corrected chi connectivity index (χ2v) is 6.35. The van der Waals surface area contributed by atoms with Crippen LogP contribution in [0.2, 0.25) is 5.02 Å². The lowest BCUT2D eigenvalue weighted by molar-refractivity contribution is -0.139. The molecule has 1 saturated heterocycles. The molecule has 2 aliphatic rings. The molecule has 2 aliphatic heterocycles. The Balaban J connectivity index is 1.64. The molecule has 1 fully saturated rings. The van der Waals surface area contributed by atoms with Crippen LogP contribution in [0, 0.1) is 5.92 Å². The van der Waals surface area contributed by atoms with Gasteiger partial charge in [-0.3, -0.25) is 4.79 Å². The van der Waals surface area contributed by atoms with Crippen LogP contribution in [-0.2, 0) is 11.2 Å². The lowest BCUT2D eigenvalue weighted by Gasteiger charge is -2.34. The summed E-state index contributed by atoms with van der Waals surface area (Å²) in [6.07, 6.45) is 2.50. The van der Waals surface area contributed by atoms with Crippen LogP contribution in [0.15, 0.2) is 18.2 Å². The molecular weight excluding hydrogens is 288 g/mol. The van der Waals surface area contributed by atoms with Crippen molar-refractivity contribution in [2.24, 2.45) is 5.92 Å². The molecule has 3 rings (SSSR count). The summed E-state index contributed by atoms with van der Waals surface area (Å²) in [6.45, 7) is 2.64. The van der Waals surface area contributed by atoms with Crippen LogP contribution >= 0.6 is 11.6 Å². The summed E-state index contributed by atoms with van der Waals surface area (Å²) in [5.41, 5.74) is 1.03. The van der Waals surface area contributed by atoms with Crippen molar-refractivity contribution < 1.29 is 9.53 Å². The molecule has 4 nitrogen and oxygen atoms in total. The summed E-state index contributed by atoms with van der Waals surface area (Å²) < 4.78 is 5.81. The third-order valence-electron chi connectivity index (χ3n) is 4.30. The fraction of sp³-hybridized carbons (Fsp3) is 0.562. The van der Waals surface area contributed by atoms with E-state index in [9.17, 15) is 4.79 Å². The van der Waals surface area contributed by atoms with E-state index in [0.29, 0.717) is 17.4 Å². The van der Waals surface area contributed by atoms with E-state index in [0.717, 1.165) is 37.4 Å². The standard InChI is InChI=1S/C16H21ClN2O2/c1-18-9-11-3-2-6-19(10-11)16(20)15-8-12-7-13(17)4-5-14(12)21-15/h4-5,7,11,15,18H,2-3,6,8-10H2,1H3. The Bertz CT molecular complexity index is 533. The van der Waals surface area contributed by atoms with Crippen molar-refractivity contribution in [3.63, 3.8) is 0 Å². The van der Waals surface area contributed by atoms with E-state index in [1.807, 2.05) is 24.1 Å². The third-order valence-corrected chi connectivity index (χ3v) is 4.53. The Kier molecular flexibility index (Phi) is 4.36. The number of piperidine rings is 1. The quantitative estimate of drug-likeness (QED) is 0.930. The summed E-state index contributed by atoms with van der Waals surface area (Å²) in [5.74, 6) is 1.45. The number of carbonyl (C=O) groups excluding carboxylic acids is 1. The van der Waals surface area contributed by atoms with Gasteiger partial charge < -0.3 is 15.0 Å². The van der Waals surface area contributed by atoms with Gasteiger partial charge in [0.05, 0.1) is 0 Å². The summed E-state index contributed by atoms with van der Waals surface area (Å²) in [4.78, 5) is 14.6. The van der Waals surface area contributed by atoms with Gasteiger partial charge in [0.25, 0.3) is 5.91 Å². The minimum Gasteiger partial charge on any atom is -0.480 e.